The number of imidazole rings is 1. The molecule has 0 aliphatic carbocycles. The van der Waals surface area contributed by atoms with Gasteiger partial charge in [0.15, 0.2) is 0 Å². The first-order valence-electron chi connectivity index (χ1n) is 1.43. The van der Waals surface area contributed by atoms with E-state index in [0.717, 1.165) is 0 Å². The quantitative estimate of drug-likeness (QED) is 0.558. The van der Waals surface area contributed by atoms with Crippen LogP contribution in [0.25, 0.3) is 0 Å². The Hall–Kier alpha value is -0.168. The Morgan fingerprint density at radius 3 is 2.29 bits per heavy atom. The van der Waals surface area contributed by atoms with Crippen LogP contribution in [0.5, 0.6) is 0 Å². The van der Waals surface area contributed by atoms with Crippen LogP contribution in [-0.4, -0.2) is 15.4 Å². The van der Waals surface area contributed by atoms with Crippen LogP contribution < -0.4 is 0 Å². The van der Waals surface area contributed by atoms with Crippen molar-refractivity contribution < 1.29 is 25.9 Å². The maximum absolute atomic E-state index is 3.67. The average Bonchev–Trinajstić information content (AvgIpc) is 1.76. The first-order chi connectivity index (χ1) is 2.50. The molecule has 0 aliphatic rings. The van der Waals surface area contributed by atoms with Gasteiger partial charge in [-0.3, -0.25) is 0 Å². The number of hydrogen-bond acceptors (Lipinski definition) is 1. The van der Waals surface area contributed by atoms with Crippen LogP contribution in [0, 0.1) is 0 Å². The molecule has 4 heteroatoms. The minimum Gasteiger partial charge on any atom is -0.412 e. The van der Waals surface area contributed by atoms with E-state index in [1.54, 1.807) is 18.7 Å². The molecule has 0 atom stereocenters. The molecule has 1 aromatic heterocycles. The van der Waals surface area contributed by atoms with Crippen molar-refractivity contribution in [1.29, 1.82) is 0 Å². The molecule has 0 radical (unpaired) electrons. The number of rotatable bonds is 0. The monoisotopic (exact) mass is 192 g/mol. The van der Waals surface area contributed by atoms with Gasteiger partial charge in [0.2, 0.25) is 0 Å². The van der Waals surface area contributed by atoms with Gasteiger partial charge in [-0.2, -0.15) is 0 Å². The molecule has 0 unspecified atom stereocenters. The van der Waals surface area contributed by atoms with Crippen molar-refractivity contribution >= 4 is 0 Å². The van der Waals surface area contributed by atoms with E-state index in [1.165, 1.54) is 0 Å². The van der Waals surface area contributed by atoms with Crippen LogP contribution in [-0.2, 0) is 20.4 Å². The van der Waals surface area contributed by atoms with Crippen LogP contribution in [0.2, 0.25) is 0 Å². The number of hydrogen-bond donors (Lipinski definition) is 1. The van der Waals surface area contributed by atoms with E-state index in [9.17, 15) is 0 Å². The summed E-state index contributed by atoms with van der Waals surface area (Å²) in [6, 6.07) is 0. The van der Waals surface area contributed by atoms with Crippen LogP contribution in [0.4, 0.5) is 0 Å². The summed E-state index contributed by atoms with van der Waals surface area (Å²) in [4.78, 5) is 6.42. The molecule has 0 spiro atoms. The summed E-state index contributed by atoms with van der Waals surface area (Å²) in [5.74, 6) is 0. The van der Waals surface area contributed by atoms with E-state index in [4.69, 9.17) is 0 Å². The maximum atomic E-state index is 3.67. The molecular weight excluding hydrogens is 186 g/mol. The summed E-state index contributed by atoms with van der Waals surface area (Å²) in [5.41, 5.74) is 0. The molecule has 7 heavy (non-hydrogen) atoms. The van der Waals surface area contributed by atoms with E-state index in [2.05, 4.69) is 9.97 Å². The Labute approximate surface area is 55.1 Å². The molecule has 1 aromatic rings. The first kappa shape index (κ1) is 9.95. The van der Waals surface area contributed by atoms with E-state index in [1.807, 2.05) is 0 Å². The smallest absolute Gasteiger partial charge is 0.0919 e. The van der Waals surface area contributed by atoms with Crippen LogP contribution in [0.3, 0.4) is 0 Å². The van der Waals surface area contributed by atoms with E-state index in [0.29, 0.717) is 0 Å². The molecule has 0 saturated heterocycles. The minimum atomic E-state index is 0. The fourth-order valence-electron chi connectivity index (χ4n) is 0.215. The van der Waals surface area contributed by atoms with Gasteiger partial charge >= 0.3 is 0 Å². The van der Waals surface area contributed by atoms with Crippen LogP contribution in [0.1, 0.15) is 0 Å². The third-order valence-corrected chi connectivity index (χ3v) is 0.406. The zero-order valence-electron chi connectivity index (χ0n) is 3.50. The predicted molar refractivity (Wildman–Crippen MR) is 22.2 cm³/mol. The maximum Gasteiger partial charge on any atom is 0.0919 e. The van der Waals surface area contributed by atoms with Crippen molar-refractivity contribution in [2.24, 2.45) is 0 Å². The fourth-order valence-corrected chi connectivity index (χ4v) is 0.215. The van der Waals surface area contributed by atoms with Crippen molar-refractivity contribution in [2.45, 2.75) is 0 Å². The summed E-state index contributed by atoms with van der Waals surface area (Å²) in [6.07, 6.45) is 5.08. The summed E-state index contributed by atoms with van der Waals surface area (Å²) < 4.78 is 0. The van der Waals surface area contributed by atoms with Gasteiger partial charge < -0.3 is 10.5 Å². The molecule has 44 valence electrons. The molecule has 0 fully saturated rings. The molecule has 1 heterocycles. The summed E-state index contributed by atoms with van der Waals surface area (Å²) in [7, 11) is 0. The zero-order chi connectivity index (χ0) is 3.54. The Kier molecular flexibility index (Phi) is 8.29. The second-order valence-corrected chi connectivity index (χ2v) is 0.761. The molecule has 0 aromatic carbocycles. The van der Waals surface area contributed by atoms with Gasteiger partial charge in [0.25, 0.3) is 0 Å². The Bertz CT molecular complexity index is 69.4. The minimum absolute atomic E-state index is 0. The van der Waals surface area contributed by atoms with E-state index < -0.39 is 0 Å². The molecule has 0 bridgehead atoms. The SMILES string of the molecule is O.[Pd].c1c[nH]cn1. The second-order valence-electron chi connectivity index (χ2n) is 0.761. The van der Waals surface area contributed by atoms with Gasteiger partial charge in [-0.05, 0) is 0 Å². The summed E-state index contributed by atoms with van der Waals surface area (Å²) in [6.45, 7) is 0. The summed E-state index contributed by atoms with van der Waals surface area (Å²) in [5, 5.41) is 0. The average molecular weight is 193 g/mol. The predicted octanol–water partition coefficient (Wildman–Crippen LogP) is -0.418. The summed E-state index contributed by atoms with van der Waals surface area (Å²) >= 11 is 0. The Balaban J connectivity index is 0. The largest absolute Gasteiger partial charge is 0.412 e. The van der Waals surface area contributed by atoms with E-state index >= 15 is 0 Å². The van der Waals surface area contributed by atoms with Gasteiger partial charge in [0, 0.05) is 32.8 Å². The molecule has 3 N–H and O–H groups in total. The number of aromatic nitrogens is 2. The van der Waals surface area contributed by atoms with Crippen molar-refractivity contribution in [3.05, 3.63) is 18.7 Å². The second kappa shape index (κ2) is 5.83. The normalized spacial score (nSPS) is 5.71. The van der Waals surface area contributed by atoms with Gasteiger partial charge in [-0.15, -0.1) is 0 Å². The molecule has 0 saturated carbocycles. The van der Waals surface area contributed by atoms with Crippen molar-refractivity contribution in [2.75, 3.05) is 0 Å². The van der Waals surface area contributed by atoms with Crippen LogP contribution in [0.15, 0.2) is 18.7 Å². The number of H-pyrrole nitrogens is 1. The van der Waals surface area contributed by atoms with Crippen LogP contribution >= 0.6 is 0 Å². The van der Waals surface area contributed by atoms with Gasteiger partial charge in [0.05, 0.1) is 6.33 Å². The van der Waals surface area contributed by atoms with Gasteiger partial charge in [-0.1, -0.05) is 0 Å². The molecular formula is C3H6N2OPd. The standard InChI is InChI=1S/C3H4N2.H2O.Pd/c1-2-5-3-4-1;;/h1-3H,(H,4,5);1H2;. The molecule has 1 rings (SSSR count). The van der Waals surface area contributed by atoms with Gasteiger partial charge in [-0.25, -0.2) is 4.98 Å². The number of nitrogens with zero attached hydrogens (tertiary/aromatic N) is 1. The van der Waals surface area contributed by atoms with Crippen molar-refractivity contribution in [3.63, 3.8) is 0 Å². The molecule has 0 amide bonds. The number of nitrogens with one attached hydrogen (secondary N) is 1. The Morgan fingerprint density at radius 2 is 2.14 bits per heavy atom. The Morgan fingerprint density at radius 1 is 1.43 bits per heavy atom. The fraction of sp³-hybridized carbons (Fsp3) is 0. The number of aromatic amines is 1. The zero-order valence-corrected chi connectivity index (χ0v) is 5.05. The third kappa shape index (κ3) is 3.67. The van der Waals surface area contributed by atoms with Crippen molar-refractivity contribution in [1.82, 2.24) is 9.97 Å². The van der Waals surface area contributed by atoms with Gasteiger partial charge in [0.1, 0.15) is 0 Å². The van der Waals surface area contributed by atoms with Crippen molar-refractivity contribution in [3.8, 4) is 0 Å². The molecule has 0 aliphatic heterocycles. The van der Waals surface area contributed by atoms with E-state index in [-0.39, 0.29) is 25.9 Å². The topological polar surface area (TPSA) is 60.2 Å². The molecule has 3 nitrogen and oxygen atoms in total. The first-order valence-corrected chi connectivity index (χ1v) is 1.43. The third-order valence-electron chi connectivity index (χ3n) is 0.406.